The molecule has 0 bridgehead atoms. The fourth-order valence-corrected chi connectivity index (χ4v) is 1.23. The van der Waals surface area contributed by atoms with Crippen LogP contribution in [0.2, 0.25) is 0 Å². The molecule has 4 nitrogen and oxygen atoms in total. The third-order valence-corrected chi connectivity index (χ3v) is 1.69. The Bertz CT molecular complexity index is 137. The molecule has 0 spiro atoms. The van der Waals surface area contributed by atoms with Crippen molar-refractivity contribution >= 4 is 5.91 Å². The molecule has 1 amide bonds. The molecule has 1 heterocycles. The monoisotopic (exact) mass is 143 g/mol. The van der Waals surface area contributed by atoms with E-state index in [-0.39, 0.29) is 11.9 Å². The number of likely N-dealkylation sites (tertiary alicyclic amines) is 1. The van der Waals surface area contributed by atoms with Crippen LogP contribution in [0.1, 0.15) is 6.42 Å². The van der Waals surface area contributed by atoms with Gasteiger partial charge in [-0.05, 0) is 6.42 Å². The molecule has 0 aliphatic carbocycles. The molecular formula is C6H13N3O. The van der Waals surface area contributed by atoms with Crippen molar-refractivity contribution in [1.29, 1.82) is 0 Å². The van der Waals surface area contributed by atoms with Crippen molar-refractivity contribution in [3.05, 3.63) is 0 Å². The van der Waals surface area contributed by atoms with Gasteiger partial charge >= 0.3 is 0 Å². The fourth-order valence-electron chi connectivity index (χ4n) is 1.23. The minimum absolute atomic E-state index is 0.236. The lowest BCUT2D eigenvalue weighted by Gasteiger charge is -2.11. The third-order valence-electron chi connectivity index (χ3n) is 1.69. The number of nitrogens with zero attached hydrogens (tertiary/aromatic N) is 1. The standard InChI is InChI=1S/C6H13N3O/c7-5-1-2-9(3-5)4-6(8)10/h5H,1-4,7H2,(H2,8,10)/t5-/m1/s1. The second-order valence-electron chi connectivity index (χ2n) is 2.75. The van der Waals surface area contributed by atoms with E-state index in [1.54, 1.807) is 0 Å². The lowest BCUT2D eigenvalue weighted by Crippen LogP contribution is -2.34. The first-order valence-electron chi connectivity index (χ1n) is 3.44. The molecule has 58 valence electrons. The summed E-state index contributed by atoms with van der Waals surface area (Å²) in [4.78, 5) is 12.4. The highest BCUT2D eigenvalue weighted by molar-refractivity contribution is 5.75. The topological polar surface area (TPSA) is 72.4 Å². The highest BCUT2D eigenvalue weighted by Gasteiger charge is 2.19. The highest BCUT2D eigenvalue weighted by Crippen LogP contribution is 2.04. The molecule has 0 aromatic carbocycles. The lowest BCUT2D eigenvalue weighted by molar-refractivity contribution is -0.118. The van der Waals surface area contributed by atoms with Crippen molar-refractivity contribution in [2.75, 3.05) is 19.6 Å². The Morgan fingerprint density at radius 2 is 2.40 bits per heavy atom. The highest BCUT2D eigenvalue weighted by atomic mass is 16.1. The van der Waals surface area contributed by atoms with Crippen molar-refractivity contribution < 1.29 is 4.79 Å². The van der Waals surface area contributed by atoms with E-state index in [1.165, 1.54) is 0 Å². The molecule has 4 heteroatoms. The maximum absolute atomic E-state index is 10.4. The van der Waals surface area contributed by atoms with Crippen LogP contribution in [0, 0.1) is 0 Å². The van der Waals surface area contributed by atoms with Crippen molar-refractivity contribution in [3.8, 4) is 0 Å². The average Bonchev–Trinajstić information content (AvgIpc) is 2.13. The van der Waals surface area contributed by atoms with Crippen LogP contribution in [-0.4, -0.2) is 36.5 Å². The zero-order chi connectivity index (χ0) is 7.56. The van der Waals surface area contributed by atoms with Gasteiger partial charge in [0, 0.05) is 19.1 Å². The summed E-state index contributed by atoms with van der Waals surface area (Å²) < 4.78 is 0. The van der Waals surface area contributed by atoms with Gasteiger partial charge < -0.3 is 11.5 Å². The first kappa shape index (κ1) is 7.50. The van der Waals surface area contributed by atoms with Gasteiger partial charge in [0.15, 0.2) is 0 Å². The Kier molecular flexibility index (Phi) is 2.24. The van der Waals surface area contributed by atoms with Gasteiger partial charge in [0.2, 0.25) is 5.91 Å². The van der Waals surface area contributed by atoms with Gasteiger partial charge in [-0.2, -0.15) is 0 Å². The van der Waals surface area contributed by atoms with Crippen LogP contribution in [0.3, 0.4) is 0 Å². The van der Waals surface area contributed by atoms with Gasteiger partial charge in [-0.1, -0.05) is 0 Å². The molecule has 0 saturated carbocycles. The van der Waals surface area contributed by atoms with E-state index in [1.807, 2.05) is 4.90 Å². The van der Waals surface area contributed by atoms with Crippen molar-refractivity contribution in [1.82, 2.24) is 4.90 Å². The Morgan fingerprint density at radius 1 is 1.70 bits per heavy atom. The Hall–Kier alpha value is -0.610. The maximum atomic E-state index is 10.4. The van der Waals surface area contributed by atoms with Crippen LogP contribution in [-0.2, 0) is 4.79 Å². The number of amides is 1. The predicted molar refractivity (Wildman–Crippen MR) is 38.2 cm³/mol. The molecule has 0 aromatic heterocycles. The maximum Gasteiger partial charge on any atom is 0.231 e. The molecule has 1 aliphatic rings. The number of primary amides is 1. The van der Waals surface area contributed by atoms with E-state index in [2.05, 4.69) is 0 Å². The molecule has 1 fully saturated rings. The molecule has 1 aliphatic heterocycles. The minimum atomic E-state index is -0.269. The van der Waals surface area contributed by atoms with Crippen LogP contribution in [0.15, 0.2) is 0 Å². The van der Waals surface area contributed by atoms with Crippen LogP contribution in [0.25, 0.3) is 0 Å². The molecule has 0 unspecified atom stereocenters. The van der Waals surface area contributed by atoms with Gasteiger partial charge in [-0.25, -0.2) is 0 Å². The van der Waals surface area contributed by atoms with E-state index in [0.717, 1.165) is 19.5 Å². The minimum Gasteiger partial charge on any atom is -0.369 e. The number of rotatable bonds is 2. The third kappa shape index (κ3) is 1.97. The lowest BCUT2D eigenvalue weighted by atomic mass is 10.3. The number of hydrogen-bond acceptors (Lipinski definition) is 3. The second kappa shape index (κ2) is 2.98. The normalized spacial score (nSPS) is 27.1. The van der Waals surface area contributed by atoms with Gasteiger partial charge in [-0.3, -0.25) is 9.69 Å². The van der Waals surface area contributed by atoms with E-state index in [9.17, 15) is 4.79 Å². The van der Waals surface area contributed by atoms with Gasteiger partial charge in [0.1, 0.15) is 0 Å². The fraction of sp³-hybridized carbons (Fsp3) is 0.833. The van der Waals surface area contributed by atoms with E-state index >= 15 is 0 Å². The second-order valence-corrected chi connectivity index (χ2v) is 2.75. The van der Waals surface area contributed by atoms with Crippen molar-refractivity contribution in [2.45, 2.75) is 12.5 Å². The van der Waals surface area contributed by atoms with Gasteiger partial charge in [0.05, 0.1) is 6.54 Å². The van der Waals surface area contributed by atoms with Gasteiger partial charge in [0.25, 0.3) is 0 Å². The van der Waals surface area contributed by atoms with Crippen LogP contribution >= 0.6 is 0 Å². The van der Waals surface area contributed by atoms with Crippen molar-refractivity contribution in [2.24, 2.45) is 11.5 Å². The summed E-state index contributed by atoms with van der Waals surface area (Å²) in [7, 11) is 0. The van der Waals surface area contributed by atoms with Gasteiger partial charge in [-0.15, -0.1) is 0 Å². The quantitative estimate of drug-likeness (QED) is 0.494. The summed E-state index contributed by atoms with van der Waals surface area (Å²) in [6.07, 6.45) is 0.979. The molecule has 1 rings (SSSR count). The summed E-state index contributed by atoms with van der Waals surface area (Å²) in [5.41, 5.74) is 10.6. The molecule has 1 atom stereocenters. The van der Waals surface area contributed by atoms with Crippen LogP contribution in [0.4, 0.5) is 0 Å². The SMILES string of the molecule is NC(=O)CN1CC[C@@H](N)C1. The Balaban J connectivity index is 2.24. The average molecular weight is 143 g/mol. The summed E-state index contributed by atoms with van der Waals surface area (Å²) in [6.45, 7) is 2.07. The molecule has 4 N–H and O–H groups in total. The molecule has 0 aromatic rings. The first-order chi connectivity index (χ1) is 4.68. The summed E-state index contributed by atoms with van der Waals surface area (Å²) >= 11 is 0. The van der Waals surface area contributed by atoms with Crippen molar-refractivity contribution in [3.63, 3.8) is 0 Å². The zero-order valence-corrected chi connectivity index (χ0v) is 5.92. The number of hydrogen-bond donors (Lipinski definition) is 2. The predicted octanol–water partition coefficient (Wildman–Crippen LogP) is -1.50. The molecule has 0 radical (unpaired) electrons. The number of carbonyl (C=O) groups is 1. The smallest absolute Gasteiger partial charge is 0.231 e. The zero-order valence-electron chi connectivity index (χ0n) is 5.92. The summed E-state index contributed by atoms with van der Waals surface area (Å²) in [6, 6.07) is 0.236. The number of carbonyl (C=O) groups excluding carboxylic acids is 1. The molecular weight excluding hydrogens is 130 g/mol. The summed E-state index contributed by atoms with van der Waals surface area (Å²) in [5.74, 6) is -0.269. The van der Waals surface area contributed by atoms with E-state index in [4.69, 9.17) is 11.5 Å². The Morgan fingerprint density at radius 3 is 2.80 bits per heavy atom. The molecule has 1 saturated heterocycles. The molecule has 10 heavy (non-hydrogen) atoms. The van der Waals surface area contributed by atoms with Crippen LogP contribution in [0.5, 0.6) is 0 Å². The largest absolute Gasteiger partial charge is 0.369 e. The van der Waals surface area contributed by atoms with Crippen LogP contribution < -0.4 is 11.5 Å². The van der Waals surface area contributed by atoms with E-state index in [0.29, 0.717) is 6.54 Å². The Labute approximate surface area is 60.2 Å². The first-order valence-corrected chi connectivity index (χ1v) is 3.44. The summed E-state index contributed by atoms with van der Waals surface area (Å²) in [5, 5.41) is 0. The van der Waals surface area contributed by atoms with E-state index < -0.39 is 0 Å². The number of nitrogens with two attached hydrogens (primary N) is 2.